The molecule has 4 aliphatic rings. The number of rotatable bonds is 12. The van der Waals surface area contributed by atoms with Crippen molar-refractivity contribution in [2.45, 2.75) is 63.6 Å². The summed E-state index contributed by atoms with van der Waals surface area (Å²) in [6, 6.07) is 11.2. The van der Waals surface area contributed by atoms with E-state index in [-0.39, 0.29) is 41.7 Å². The Morgan fingerprint density at radius 2 is 1.55 bits per heavy atom. The first-order chi connectivity index (χ1) is 28.8. The van der Waals surface area contributed by atoms with Gasteiger partial charge in [0, 0.05) is 75.9 Å². The number of hydrogen-bond donors (Lipinski definition) is 3. The zero-order valence-corrected chi connectivity index (χ0v) is 32.7. The quantitative estimate of drug-likeness (QED) is 0.125. The van der Waals surface area contributed by atoms with Gasteiger partial charge >= 0.3 is 6.18 Å². The molecule has 60 heavy (non-hydrogen) atoms. The molecule has 3 fully saturated rings. The molecule has 15 nitrogen and oxygen atoms in total. The highest BCUT2D eigenvalue weighted by atomic mass is 19.4. The number of unbranched alkanes of at least 4 members (excludes halogenated alkanes) is 2. The summed E-state index contributed by atoms with van der Waals surface area (Å²) in [5, 5.41) is 8.31. The number of amides is 6. The molecule has 314 valence electrons. The standard InChI is InChI=1S/C42H44F3N9O6/c1-46-33-10-7-28(24-32(33)42(43,44)45)51-17-14-26(15-18-51)38(57)49-35-12-8-29(25-48-35)52-19-21-53(22-20-52)37(56)5-3-2-4-16-47-27-6-9-30-31(23-27)41(60)54(40(30)59)34-11-13-36(55)50-39(34)58/h6-10,12,23-26,34,47H,2-5,11,13-22H2,(H,48,49,57)(H,50,55,58). The van der Waals surface area contributed by atoms with Crippen molar-refractivity contribution in [3.8, 4) is 0 Å². The van der Waals surface area contributed by atoms with E-state index in [0.717, 1.165) is 35.9 Å². The predicted molar refractivity (Wildman–Crippen MR) is 214 cm³/mol. The summed E-state index contributed by atoms with van der Waals surface area (Å²) in [4.78, 5) is 90.0. The predicted octanol–water partition coefficient (Wildman–Crippen LogP) is 5.23. The van der Waals surface area contributed by atoms with Crippen molar-refractivity contribution >= 4 is 64.0 Å². The van der Waals surface area contributed by atoms with Gasteiger partial charge in [-0.1, -0.05) is 12.5 Å². The Labute approximate surface area is 344 Å². The molecule has 3 N–H and O–H groups in total. The minimum Gasteiger partial charge on any atom is -0.385 e. The highest BCUT2D eigenvalue weighted by Gasteiger charge is 2.44. The number of hydrogen-bond acceptors (Lipinski definition) is 10. The molecule has 5 heterocycles. The van der Waals surface area contributed by atoms with Crippen LogP contribution in [0.5, 0.6) is 0 Å². The average Bonchev–Trinajstić information content (AvgIpc) is 3.49. The molecule has 1 unspecified atom stereocenters. The highest BCUT2D eigenvalue weighted by Crippen LogP contribution is 2.39. The first kappa shape index (κ1) is 41.6. The Morgan fingerprint density at radius 1 is 0.833 bits per heavy atom. The van der Waals surface area contributed by atoms with Gasteiger partial charge in [0.15, 0.2) is 5.69 Å². The van der Waals surface area contributed by atoms with Gasteiger partial charge in [0.05, 0.1) is 35.1 Å². The van der Waals surface area contributed by atoms with Crippen molar-refractivity contribution in [2.75, 3.05) is 66.2 Å². The number of aromatic nitrogens is 1. The Morgan fingerprint density at radius 3 is 2.23 bits per heavy atom. The topological polar surface area (TPSA) is 169 Å². The molecule has 4 aliphatic heterocycles. The fourth-order valence-corrected chi connectivity index (χ4v) is 8.08. The maximum absolute atomic E-state index is 13.5. The number of piperazine rings is 1. The van der Waals surface area contributed by atoms with Crippen LogP contribution in [0.3, 0.4) is 0 Å². The second kappa shape index (κ2) is 17.8. The fraction of sp³-hybridized carbons (Fsp3) is 0.429. The summed E-state index contributed by atoms with van der Waals surface area (Å²) in [6.45, 7) is 10.8. The van der Waals surface area contributed by atoms with Crippen LogP contribution in [-0.4, -0.2) is 102 Å². The van der Waals surface area contributed by atoms with Crippen LogP contribution in [0, 0.1) is 12.5 Å². The number of pyridine rings is 1. The lowest BCUT2D eigenvalue weighted by Gasteiger charge is -2.36. The van der Waals surface area contributed by atoms with Crippen LogP contribution in [0.2, 0.25) is 0 Å². The number of halogens is 3. The van der Waals surface area contributed by atoms with Crippen molar-refractivity contribution in [1.82, 2.24) is 20.1 Å². The lowest BCUT2D eigenvalue weighted by Crippen LogP contribution is -2.54. The van der Waals surface area contributed by atoms with Gasteiger partial charge in [-0.2, -0.15) is 13.2 Å². The van der Waals surface area contributed by atoms with Gasteiger partial charge in [-0.25, -0.2) is 9.83 Å². The van der Waals surface area contributed by atoms with Crippen LogP contribution in [0.15, 0.2) is 54.7 Å². The summed E-state index contributed by atoms with van der Waals surface area (Å²) < 4.78 is 40.4. The first-order valence-corrected chi connectivity index (χ1v) is 20.0. The van der Waals surface area contributed by atoms with Crippen molar-refractivity contribution < 1.29 is 41.9 Å². The minimum atomic E-state index is -4.63. The largest absolute Gasteiger partial charge is 0.407 e. The monoisotopic (exact) mass is 827 g/mol. The van der Waals surface area contributed by atoms with Crippen molar-refractivity contribution in [2.24, 2.45) is 5.92 Å². The smallest absolute Gasteiger partial charge is 0.385 e. The van der Waals surface area contributed by atoms with Crippen LogP contribution >= 0.6 is 0 Å². The average molecular weight is 828 g/mol. The number of fused-ring (bicyclic) bond motifs is 1. The highest BCUT2D eigenvalue weighted by molar-refractivity contribution is 6.23. The van der Waals surface area contributed by atoms with E-state index in [1.807, 2.05) is 11.0 Å². The lowest BCUT2D eigenvalue weighted by atomic mass is 9.95. The summed E-state index contributed by atoms with van der Waals surface area (Å²) in [5.41, 5.74) is 0.937. The molecule has 6 amide bonds. The van der Waals surface area contributed by atoms with E-state index in [0.29, 0.717) is 82.3 Å². The van der Waals surface area contributed by atoms with Crippen LogP contribution in [0.25, 0.3) is 4.85 Å². The van der Waals surface area contributed by atoms with Crippen LogP contribution in [0.4, 0.5) is 41.7 Å². The van der Waals surface area contributed by atoms with Gasteiger partial charge in [-0.3, -0.25) is 39.0 Å². The Hall–Kier alpha value is -6.51. The fourth-order valence-electron chi connectivity index (χ4n) is 8.08. The van der Waals surface area contributed by atoms with Gasteiger partial charge in [-0.05, 0) is 74.6 Å². The van der Waals surface area contributed by atoms with E-state index in [2.05, 4.69) is 30.7 Å². The van der Waals surface area contributed by atoms with E-state index in [1.54, 1.807) is 35.4 Å². The number of nitrogens with zero attached hydrogens (tertiary/aromatic N) is 6. The number of carbonyl (C=O) groups excluding carboxylic acids is 6. The third kappa shape index (κ3) is 9.19. The van der Waals surface area contributed by atoms with Crippen LogP contribution < -0.4 is 25.8 Å². The Balaban J connectivity index is 0.781. The number of carbonyl (C=O) groups is 6. The third-order valence-corrected chi connectivity index (χ3v) is 11.5. The van der Waals surface area contributed by atoms with Crippen molar-refractivity contribution in [1.29, 1.82) is 0 Å². The number of nitrogens with one attached hydrogen (secondary N) is 3. The third-order valence-electron chi connectivity index (χ3n) is 11.5. The molecule has 3 aromatic rings. The SMILES string of the molecule is [C-]#[N+]c1ccc(N2CCC(C(=O)Nc3ccc(N4CCN(C(=O)CCCCCNc5ccc6c(c5)C(=O)N(C5CCC(=O)NC5=O)C6=O)CC4)cn3)CC2)cc1C(F)(F)F. The van der Waals surface area contributed by atoms with E-state index in [1.165, 1.54) is 12.1 Å². The molecular weight excluding hydrogens is 784 g/mol. The maximum atomic E-state index is 13.5. The summed E-state index contributed by atoms with van der Waals surface area (Å²) >= 11 is 0. The van der Waals surface area contributed by atoms with Crippen molar-refractivity contribution in [3.63, 3.8) is 0 Å². The second-order valence-electron chi connectivity index (χ2n) is 15.3. The molecule has 0 aliphatic carbocycles. The lowest BCUT2D eigenvalue weighted by molar-refractivity contribution is -0.137. The van der Waals surface area contributed by atoms with E-state index >= 15 is 0 Å². The van der Waals surface area contributed by atoms with Crippen molar-refractivity contribution in [3.05, 3.63) is 82.8 Å². The maximum Gasteiger partial charge on any atom is 0.407 e. The summed E-state index contributed by atoms with van der Waals surface area (Å²) in [6.07, 6.45) is 0.855. The van der Waals surface area contributed by atoms with Crippen LogP contribution in [-0.2, 0) is 25.4 Å². The van der Waals surface area contributed by atoms with Gasteiger partial charge in [0.2, 0.25) is 23.6 Å². The van der Waals surface area contributed by atoms with E-state index in [4.69, 9.17) is 6.57 Å². The second-order valence-corrected chi connectivity index (χ2v) is 15.3. The number of imide groups is 2. The summed E-state index contributed by atoms with van der Waals surface area (Å²) in [7, 11) is 0. The van der Waals surface area contributed by atoms with Gasteiger partial charge in [0.25, 0.3) is 11.8 Å². The minimum absolute atomic E-state index is 0.0556. The zero-order valence-electron chi connectivity index (χ0n) is 32.7. The molecule has 1 atom stereocenters. The molecule has 18 heteroatoms. The first-order valence-electron chi connectivity index (χ1n) is 20.0. The van der Waals surface area contributed by atoms with Crippen LogP contribution in [0.1, 0.15) is 77.6 Å². The van der Waals surface area contributed by atoms with Gasteiger partial charge in [0.1, 0.15) is 11.9 Å². The van der Waals surface area contributed by atoms with E-state index < -0.39 is 47.1 Å². The Bertz CT molecular complexity index is 2210. The molecule has 0 radical (unpaired) electrons. The van der Waals surface area contributed by atoms with Gasteiger partial charge in [-0.15, -0.1) is 0 Å². The zero-order chi connectivity index (χ0) is 42.6. The van der Waals surface area contributed by atoms with Gasteiger partial charge < -0.3 is 25.3 Å². The molecule has 2 aromatic carbocycles. The molecule has 0 bridgehead atoms. The number of piperidine rings is 2. The molecule has 0 spiro atoms. The molecule has 0 saturated carbocycles. The number of anilines is 4. The number of benzene rings is 2. The number of alkyl halides is 3. The summed E-state index contributed by atoms with van der Waals surface area (Å²) in [5.74, 6) is -2.22. The normalized spacial score (nSPS) is 18.6. The molecular formula is C42H44F3N9O6. The molecule has 1 aromatic heterocycles. The van der Waals surface area contributed by atoms with E-state index in [9.17, 15) is 41.9 Å². The Kier molecular flexibility index (Phi) is 12.3. The molecule has 7 rings (SSSR count). The molecule has 3 saturated heterocycles.